The molecule has 0 spiro atoms. The van der Waals surface area contributed by atoms with Crippen molar-refractivity contribution in [1.29, 1.82) is 0 Å². The fourth-order valence-electron chi connectivity index (χ4n) is 3.24. The van der Waals surface area contributed by atoms with Gasteiger partial charge in [-0.1, -0.05) is 64.0 Å². The molecule has 3 aromatic carbocycles. The van der Waals surface area contributed by atoms with Gasteiger partial charge >= 0.3 is 0 Å². The van der Waals surface area contributed by atoms with Gasteiger partial charge in [0.1, 0.15) is 6.54 Å². The van der Waals surface area contributed by atoms with Crippen molar-refractivity contribution in [2.24, 2.45) is 10.2 Å². The summed E-state index contributed by atoms with van der Waals surface area (Å²) in [5.41, 5.74) is 4.15. The van der Waals surface area contributed by atoms with Gasteiger partial charge in [-0.25, -0.2) is 0 Å². The average molecular weight is 475 g/mol. The average Bonchev–Trinajstić information content (AvgIpc) is 3.01. The van der Waals surface area contributed by atoms with Gasteiger partial charge in [-0.3, -0.25) is 14.5 Å². The molecular weight excluding hydrogens is 456 g/mol. The van der Waals surface area contributed by atoms with Crippen molar-refractivity contribution in [3.8, 4) is 0 Å². The van der Waals surface area contributed by atoms with Gasteiger partial charge in [0.05, 0.1) is 11.9 Å². The van der Waals surface area contributed by atoms with E-state index in [0.29, 0.717) is 16.9 Å². The Kier molecular flexibility index (Phi) is 6.04. The van der Waals surface area contributed by atoms with Crippen LogP contribution in [0.2, 0.25) is 0 Å². The minimum Gasteiger partial charge on any atom is -0.325 e. The van der Waals surface area contributed by atoms with E-state index in [2.05, 4.69) is 31.4 Å². The zero-order chi connectivity index (χ0) is 21.8. The maximum atomic E-state index is 13.0. The number of halogens is 1. The highest BCUT2D eigenvalue weighted by molar-refractivity contribution is 9.10. The standard InChI is InChI=1S/C24H19BrN4O2/c1-16-9-11-19(12-10-16)27-22(30)15-29-21-8-3-2-7-20(21)23(24(29)31)28-26-14-17-5-4-6-18(25)13-17/h2-14H,15H2,1H3,(H,27,30). The predicted octanol–water partition coefficient (Wildman–Crippen LogP) is 4.57. The van der Waals surface area contributed by atoms with Crippen molar-refractivity contribution in [2.75, 3.05) is 16.8 Å². The Morgan fingerprint density at radius 1 is 1.06 bits per heavy atom. The molecule has 0 saturated carbocycles. The molecule has 0 fully saturated rings. The third kappa shape index (κ3) is 4.78. The normalized spacial score (nSPS) is 14.3. The molecule has 154 valence electrons. The molecule has 2 amide bonds. The highest BCUT2D eigenvalue weighted by Crippen LogP contribution is 2.29. The zero-order valence-corrected chi connectivity index (χ0v) is 18.3. The lowest BCUT2D eigenvalue weighted by Crippen LogP contribution is -2.37. The highest BCUT2D eigenvalue weighted by atomic mass is 79.9. The van der Waals surface area contributed by atoms with Crippen LogP contribution in [0.25, 0.3) is 0 Å². The van der Waals surface area contributed by atoms with Crippen LogP contribution in [0.1, 0.15) is 16.7 Å². The van der Waals surface area contributed by atoms with Crippen LogP contribution in [-0.4, -0.2) is 30.3 Å². The smallest absolute Gasteiger partial charge is 0.279 e. The topological polar surface area (TPSA) is 74.1 Å². The van der Waals surface area contributed by atoms with Gasteiger partial charge in [0.25, 0.3) is 5.91 Å². The summed E-state index contributed by atoms with van der Waals surface area (Å²) in [6, 6.07) is 22.3. The minimum absolute atomic E-state index is 0.113. The highest BCUT2D eigenvalue weighted by Gasteiger charge is 2.35. The molecule has 0 bridgehead atoms. The summed E-state index contributed by atoms with van der Waals surface area (Å²) in [5.74, 6) is -0.641. The number of hydrogen-bond acceptors (Lipinski definition) is 4. The van der Waals surface area contributed by atoms with Crippen molar-refractivity contribution >= 4 is 51.0 Å². The quantitative estimate of drug-likeness (QED) is 0.434. The number of benzene rings is 3. The van der Waals surface area contributed by atoms with Crippen molar-refractivity contribution in [3.63, 3.8) is 0 Å². The second-order valence-corrected chi connectivity index (χ2v) is 7.99. The van der Waals surface area contributed by atoms with E-state index in [1.807, 2.05) is 67.6 Å². The number of carbonyl (C=O) groups excluding carboxylic acids is 2. The molecule has 0 saturated heterocycles. The van der Waals surface area contributed by atoms with Crippen molar-refractivity contribution < 1.29 is 9.59 Å². The van der Waals surface area contributed by atoms with Gasteiger partial charge < -0.3 is 5.32 Å². The number of anilines is 2. The summed E-state index contributed by atoms with van der Waals surface area (Å²) in [4.78, 5) is 27.0. The van der Waals surface area contributed by atoms with Gasteiger partial charge in [0.15, 0.2) is 5.71 Å². The fourth-order valence-corrected chi connectivity index (χ4v) is 3.65. The lowest BCUT2D eigenvalue weighted by atomic mass is 10.1. The molecule has 7 heteroatoms. The number of fused-ring (bicyclic) bond motifs is 1. The van der Waals surface area contributed by atoms with Gasteiger partial charge in [0, 0.05) is 15.7 Å². The van der Waals surface area contributed by atoms with E-state index < -0.39 is 0 Å². The van der Waals surface area contributed by atoms with Crippen LogP contribution in [0, 0.1) is 6.92 Å². The van der Waals surface area contributed by atoms with Crippen LogP contribution in [0.4, 0.5) is 11.4 Å². The molecular formula is C24H19BrN4O2. The lowest BCUT2D eigenvalue weighted by Gasteiger charge is -2.16. The van der Waals surface area contributed by atoms with Crippen LogP contribution in [0.15, 0.2) is 87.5 Å². The molecule has 1 N–H and O–H groups in total. The van der Waals surface area contributed by atoms with Gasteiger partial charge in [-0.15, -0.1) is 5.10 Å². The fraction of sp³-hybridized carbons (Fsp3) is 0.0833. The second-order valence-electron chi connectivity index (χ2n) is 7.07. The summed E-state index contributed by atoms with van der Waals surface area (Å²) in [7, 11) is 0. The molecule has 0 aliphatic carbocycles. The number of nitrogens with one attached hydrogen (secondary N) is 1. The van der Waals surface area contributed by atoms with E-state index >= 15 is 0 Å². The monoisotopic (exact) mass is 474 g/mol. The van der Waals surface area contributed by atoms with Crippen LogP contribution >= 0.6 is 15.9 Å². The molecule has 0 unspecified atom stereocenters. The largest absolute Gasteiger partial charge is 0.325 e. The number of nitrogens with zero attached hydrogens (tertiary/aromatic N) is 3. The van der Waals surface area contributed by atoms with E-state index in [1.54, 1.807) is 18.3 Å². The first-order chi connectivity index (χ1) is 15.0. The third-order valence-corrected chi connectivity index (χ3v) is 5.24. The molecule has 1 heterocycles. The van der Waals surface area contributed by atoms with E-state index in [0.717, 1.165) is 15.6 Å². The lowest BCUT2D eigenvalue weighted by molar-refractivity contribution is -0.118. The molecule has 0 atom stereocenters. The molecule has 1 aliphatic heterocycles. The Hall–Kier alpha value is -3.58. The first-order valence-corrected chi connectivity index (χ1v) is 10.4. The van der Waals surface area contributed by atoms with Crippen molar-refractivity contribution in [1.82, 2.24) is 0 Å². The van der Waals surface area contributed by atoms with E-state index in [-0.39, 0.29) is 24.1 Å². The van der Waals surface area contributed by atoms with E-state index in [9.17, 15) is 9.59 Å². The van der Waals surface area contributed by atoms with Gasteiger partial charge in [0.2, 0.25) is 5.91 Å². The Morgan fingerprint density at radius 3 is 2.61 bits per heavy atom. The molecule has 31 heavy (non-hydrogen) atoms. The maximum absolute atomic E-state index is 13.0. The van der Waals surface area contributed by atoms with Crippen LogP contribution < -0.4 is 10.2 Å². The molecule has 6 nitrogen and oxygen atoms in total. The summed E-state index contributed by atoms with van der Waals surface area (Å²) in [5, 5.41) is 11.1. The van der Waals surface area contributed by atoms with Crippen LogP contribution in [-0.2, 0) is 9.59 Å². The van der Waals surface area contributed by atoms with E-state index in [1.165, 1.54) is 4.90 Å². The Morgan fingerprint density at radius 2 is 1.84 bits per heavy atom. The van der Waals surface area contributed by atoms with Gasteiger partial charge in [-0.2, -0.15) is 5.10 Å². The predicted molar refractivity (Wildman–Crippen MR) is 127 cm³/mol. The third-order valence-electron chi connectivity index (χ3n) is 4.75. The zero-order valence-electron chi connectivity index (χ0n) is 16.7. The molecule has 1 aliphatic rings. The number of aryl methyl sites for hydroxylation is 1. The minimum atomic E-state index is -0.355. The van der Waals surface area contributed by atoms with E-state index in [4.69, 9.17) is 0 Å². The molecule has 0 radical (unpaired) electrons. The maximum Gasteiger partial charge on any atom is 0.279 e. The number of amides is 2. The first kappa shape index (κ1) is 20.7. The summed E-state index contributed by atoms with van der Waals surface area (Å²) in [6.45, 7) is 1.86. The SMILES string of the molecule is Cc1ccc(NC(=O)CN2C(=O)C(=NN=Cc3cccc(Br)c3)c3ccccc32)cc1. The Labute approximate surface area is 188 Å². The molecule has 3 aromatic rings. The summed E-state index contributed by atoms with van der Waals surface area (Å²) in [6.07, 6.45) is 1.58. The van der Waals surface area contributed by atoms with Crippen LogP contribution in [0.5, 0.6) is 0 Å². The summed E-state index contributed by atoms with van der Waals surface area (Å²) >= 11 is 3.41. The Balaban J connectivity index is 1.54. The summed E-state index contributed by atoms with van der Waals surface area (Å²) < 4.78 is 0.928. The number of rotatable bonds is 5. The number of para-hydroxylation sites is 1. The van der Waals surface area contributed by atoms with Gasteiger partial charge in [-0.05, 0) is 42.8 Å². The number of carbonyl (C=O) groups is 2. The number of hydrogen-bond donors (Lipinski definition) is 1. The van der Waals surface area contributed by atoms with Crippen molar-refractivity contribution in [2.45, 2.75) is 6.92 Å². The first-order valence-electron chi connectivity index (χ1n) is 9.65. The van der Waals surface area contributed by atoms with Crippen molar-refractivity contribution in [3.05, 3.63) is 94.0 Å². The second kappa shape index (κ2) is 9.06. The van der Waals surface area contributed by atoms with Crippen LogP contribution in [0.3, 0.4) is 0 Å². The molecule has 4 rings (SSSR count). The molecule has 0 aromatic heterocycles. The Bertz CT molecular complexity index is 1200.